The molecule has 0 unspecified atom stereocenters. The molecule has 0 bridgehead atoms. The largest absolute Gasteiger partial charge is 0.497 e. The van der Waals surface area contributed by atoms with Crippen molar-refractivity contribution in [2.75, 3.05) is 43.6 Å². The minimum absolute atomic E-state index is 0.219. The summed E-state index contributed by atoms with van der Waals surface area (Å²) in [5, 5.41) is 3.61. The Morgan fingerprint density at radius 2 is 1.89 bits per heavy atom. The number of thiazole rings is 1. The van der Waals surface area contributed by atoms with Crippen LogP contribution in [0.4, 0.5) is 11.5 Å². The smallest absolute Gasteiger partial charge is 0.268 e. The number of hydrogen-bond acceptors (Lipinski definition) is 7. The molecule has 0 aliphatic carbocycles. The number of hydrogen-bond donors (Lipinski definition) is 1. The SMILES string of the molecule is COc1ccc(-c2ncc(C(=O)Nc3ccc(N4CCOCC4)cn3)s2)cc1. The normalized spacial score (nSPS) is 14.0. The molecule has 2 aromatic heterocycles. The number of anilines is 2. The number of aromatic nitrogens is 2. The Morgan fingerprint density at radius 3 is 2.57 bits per heavy atom. The molecule has 0 spiro atoms. The van der Waals surface area contributed by atoms with E-state index in [4.69, 9.17) is 9.47 Å². The topological polar surface area (TPSA) is 76.6 Å². The molecule has 1 fully saturated rings. The first-order valence-corrected chi connectivity index (χ1v) is 9.75. The Hall–Kier alpha value is -2.97. The number of rotatable bonds is 5. The van der Waals surface area contributed by atoms with Crippen LogP contribution >= 0.6 is 11.3 Å². The van der Waals surface area contributed by atoms with Crippen molar-refractivity contribution in [3.05, 3.63) is 53.7 Å². The number of amides is 1. The second-order valence-electron chi connectivity index (χ2n) is 6.21. The number of ether oxygens (including phenoxy) is 2. The molecule has 1 aliphatic rings. The summed E-state index contributed by atoms with van der Waals surface area (Å²) in [6.07, 6.45) is 3.36. The first kappa shape index (κ1) is 18.4. The monoisotopic (exact) mass is 396 g/mol. The van der Waals surface area contributed by atoms with Crippen LogP contribution in [-0.2, 0) is 4.74 Å². The summed E-state index contributed by atoms with van der Waals surface area (Å²) in [5.41, 5.74) is 1.97. The number of carbonyl (C=O) groups excluding carboxylic acids is 1. The van der Waals surface area contributed by atoms with Gasteiger partial charge in [0.15, 0.2) is 0 Å². The lowest BCUT2D eigenvalue weighted by atomic mass is 10.2. The van der Waals surface area contributed by atoms with Crippen molar-refractivity contribution in [2.45, 2.75) is 0 Å². The third kappa shape index (κ3) is 4.13. The third-order valence-corrected chi connectivity index (χ3v) is 5.48. The van der Waals surface area contributed by atoms with E-state index in [9.17, 15) is 4.79 Å². The van der Waals surface area contributed by atoms with E-state index < -0.39 is 0 Å². The van der Waals surface area contributed by atoms with Crippen LogP contribution in [0.1, 0.15) is 9.67 Å². The van der Waals surface area contributed by atoms with Gasteiger partial charge in [0.2, 0.25) is 0 Å². The Morgan fingerprint density at radius 1 is 1.11 bits per heavy atom. The highest BCUT2D eigenvalue weighted by Gasteiger charge is 2.14. The maximum Gasteiger partial charge on any atom is 0.268 e. The number of benzene rings is 1. The van der Waals surface area contributed by atoms with Crippen molar-refractivity contribution >= 4 is 28.7 Å². The summed E-state index contributed by atoms with van der Waals surface area (Å²) < 4.78 is 10.5. The van der Waals surface area contributed by atoms with E-state index in [1.807, 2.05) is 36.4 Å². The average molecular weight is 396 g/mol. The van der Waals surface area contributed by atoms with E-state index >= 15 is 0 Å². The Bertz CT molecular complexity index is 935. The highest BCUT2D eigenvalue weighted by atomic mass is 32.1. The van der Waals surface area contributed by atoms with Gasteiger partial charge in [0, 0.05) is 18.7 Å². The summed E-state index contributed by atoms with van der Waals surface area (Å²) >= 11 is 1.34. The van der Waals surface area contributed by atoms with Crippen LogP contribution in [0.15, 0.2) is 48.8 Å². The molecule has 1 aromatic carbocycles. The number of nitrogens with zero attached hydrogens (tertiary/aromatic N) is 3. The van der Waals surface area contributed by atoms with Gasteiger partial charge in [0.05, 0.1) is 38.4 Å². The molecule has 0 radical (unpaired) electrons. The fourth-order valence-electron chi connectivity index (χ4n) is 2.89. The van der Waals surface area contributed by atoms with Crippen molar-refractivity contribution in [2.24, 2.45) is 0 Å². The summed E-state index contributed by atoms with van der Waals surface area (Å²) in [5.74, 6) is 1.08. The van der Waals surface area contributed by atoms with Gasteiger partial charge < -0.3 is 19.7 Å². The Labute approximate surface area is 167 Å². The minimum atomic E-state index is -0.219. The molecule has 4 rings (SSSR count). The van der Waals surface area contributed by atoms with Crippen LogP contribution in [0.5, 0.6) is 5.75 Å². The second-order valence-corrected chi connectivity index (χ2v) is 7.24. The highest BCUT2D eigenvalue weighted by molar-refractivity contribution is 7.17. The molecule has 0 atom stereocenters. The van der Waals surface area contributed by atoms with E-state index in [1.165, 1.54) is 11.3 Å². The van der Waals surface area contributed by atoms with Gasteiger partial charge in [-0.3, -0.25) is 4.79 Å². The van der Waals surface area contributed by atoms with Crippen molar-refractivity contribution in [3.63, 3.8) is 0 Å². The summed E-state index contributed by atoms with van der Waals surface area (Å²) in [4.78, 5) is 24.0. The molecule has 8 heteroatoms. The van der Waals surface area contributed by atoms with Gasteiger partial charge in [-0.05, 0) is 36.4 Å². The molecular formula is C20H20N4O3S. The van der Waals surface area contributed by atoms with Crippen LogP contribution in [0, 0.1) is 0 Å². The van der Waals surface area contributed by atoms with Crippen molar-refractivity contribution in [1.82, 2.24) is 9.97 Å². The molecule has 3 aromatic rings. The zero-order valence-corrected chi connectivity index (χ0v) is 16.2. The number of carbonyl (C=O) groups is 1. The standard InChI is InChI=1S/C20H20N4O3S/c1-26-16-5-2-14(3-6-16)20-22-13-17(28-20)19(25)23-18-7-4-15(12-21-18)24-8-10-27-11-9-24/h2-7,12-13H,8-11H2,1H3,(H,21,23,25). The predicted octanol–water partition coefficient (Wildman–Crippen LogP) is 3.30. The van der Waals surface area contributed by atoms with Crippen LogP contribution in [-0.4, -0.2) is 49.3 Å². The molecule has 7 nitrogen and oxygen atoms in total. The zero-order chi connectivity index (χ0) is 19.3. The number of pyridine rings is 1. The maximum atomic E-state index is 12.5. The lowest BCUT2D eigenvalue weighted by Gasteiger charge is -2.28. The molecule has 1 N–H and O–H groups in total. The Balaban J connectivity index is 1.41. The highest BCUT2D eigenvalue weighted by Crippen LogP contribution is 2.27. The predicted molar refractivity (Wildman–Crippen MR) is 109 cm³/mol. The molecular weight excluding hydrogens is 376 g/mol. The molecule has 1 saturated heterocycles. The number of nitrogens with one attached hydrogen (secondary N) is 1. The number of methoxy groups -OCH3 is 1. The van der Waals surface area contributed by atoms with Crippen molar-refractivity contribution < 1.29 is 14.3 Å². The molecule has 0 saturated carbocycles. The molecule has 144 valence electrons. The van der Waals surface area contributed by atoms with Crippen LogP contribution in [0.25, 0.3) is 10.6 Å². The van der Waals surface area contributed by atoms with Gasteiger partial charge in [-0.2, -0.15) is 0 Å². The van der Waals surface area contributed by atoms with Gasteiger partial charge in [-0.15, -0.1) is 11.3 Å². The van der Waals surface area contributed by atoms with E-state index in [1.54, 1.807) is 19.5 Å². The first-order valence-electron chi connectivity index (χ1n) is 8.93. The number of morpholine rings is 1. The molecule has 1 aliphatic heterocycles. The minimum Gasteiger partial charge on any atom is -0.497 e. The fourth-order valence-corrected chi connectivity index (χ4v) is 3.71. The Kier molecular flexibility index (Phi) is 5.50. The van der Waals surface area contributed by atoms with Crippen LogP contribution in [0.3, 0.4) is 0 Å². The average Bonchev–Trinajstić information content (AvgIpc) is 3.25. The van der Waals surface area contributed by atoms with Gasteiger partial charge in [0.1, 0.15) is 21.5 Å². The van der Waals surface area contributed by atoms with E-state index in [0.29, 0.717) is 10.7 Å². The quantitative estimate of drug-likeness (QED) is 0.713. The molecule has 28 heavy (non-hydrogen) atoms. The zero-order valence-electron chi connectivity index (χ0n) is 15.4. The second kappa shape index (κ2) is 8.37. The summed E-state index contributed by atoms with van der Waals surface area (Å²) in [7, 11) is 1.63. The van der Waals surface area contributed by atoms with E-state index in [2.05, 4.69) is 20.2 Å². The third-order valence-electron chi connectivity index (χ3n) is 4.43. The van der Waals surface area contributed by atoms with Crippen molar-refractivity contribution in [1.29, 1.82) is 0 Å². The van der Waals surface area contributed by atoms with Gasteiger partial charge >= 0.3 is 0 Å². The van der Waals surface area contributed by atoms with Gasteiger partial charge in [-0.1, -0.05) is 0 Å². The fraction of sp³-hybridized carbons (Fsp3) is 0.250. The van der Waals surface area contributed by atoms with Gasteiger partial charge in [-0.25, -0.2) is 9.97 Å². The summed E-state index contributed by atoms with van der Waals surface area (Å²) in [6.45, 7) is 3.14. The lowest BCUT2D eigenvalue weighted by molar-refractivity contribution is 0.103. The van der Waals surface area contributed by atoms with Crippen LogP contribution in [0.2, 0.25) is 0 Å². The maximum absolute atomic E-state index is 12.5. The van der Waals surface area contributed by atoms with Crippen LogP contribution < -0.4 is 15.0 Å². The van der Waals surface area contributed by atoms with E-state index in [-0.39, 0.29) is 5.91 Å². The molecule has 3 heterocycles. The molecule has 1 amide bonds. The van der Waals surface area contributed by atoms with Crippen molar-refractivity contribution in [3.8, 4) is 16.3 Å². The lowest BCUT2D eigenvalue weighted by Crippen LogP contribution is -2.36. The van der Waals surface area contributed by atoms with E-state index in [0.717, 1.165) is 48.3 Å². The summed E-state index contributed by atoms with van der Waals surface area (Å²) in [6, 6.07) is 11.4. The van der Waals surface area contributed by atoms with Gasteiger partial charge in [0.25, 0.3) is 5.91 Å². The first-order chi connectivity index (χ1) is 13.7.